The maximum Gasteiger partial charge on any atom is 0.167 e. The van der Waals surface area contributed by atoms with Crippen LogP contribution in [0.5, 0.6) is 0 Å². The summed E-state index contributed by atoms with van der Waals surface area (Å²) in [7, 11) is 0. The molecule has 0 amide bonds. The summed E-state index contributed by atoms with van der Waals surface area (Å²) in [5.74, 6) is 1.52. The van der Waals surface area contributed by atoms with E-state index in [1.807, 2.05) is 6.07 Å². The lowest BCUT2D eigenvalue weighted by Gasteiger charge is -2.04. The topological polar surface area (TPSA) is 26.0 Å². The number of rotatable bonds is 4. The van der Waals surface area contributed by atoms with Gasteiger partial charge in [-0.3, -0.25) is 0 Å². The fourth-order valence-electron chi connectivity index (χ4n) is 1.79. The number of alkyl halides is 1. The molecule has 2 nitrogen and oxygen atoms in total. The molecule has 3 heteroatoms. The Labute approximate surface area is 110 Å². The summed E-state index contributed by atoms with van der Waals surface area (Å²) >= 11 is 3.36. The van der Waals surface area contributed by atoms with Crippen LogP contribution in [0.2, 0.25) is 0 Å². The summed E-state index contributed by atoms with van der Waals surface area (Å²) < 4.78 is 5.28. The second-order valence-electron chi connectivity index (χ2n) is 4.61. The zero-order valence-corrected chi connectivity index (χ0v) is 11.7. The highest BCUT2D eigenvalue weighted by Gasteiger charge is 2.06. The molecular formula is C14H16BrNO. The molecule has 0 radical (unpaired) electrons. The van der Waals surface area contributed by atoms with E-state index in [4.69, 9.17) is 4.52 Å². The Balaban J connectivity index is 2.17. The monoisotopic (exact) mass is 293 g/mol. The van der Waals surface area contributed by atoms with Crippen LogP contribution in [-0.2, 0) is 11.8 Å². The average Bonchev–Trinajstić information content (AvgIpc) is 2.78. The molecule has 0 unspecified atom stereocenters. The quantitative estimate of drug-likeness (QED) is 0.779. The summed E-state index contributed by atoms with van der Waals surface area (Å²) in [6, 6.07) is 10.5. The fourth-order valence-corrected chi connectivity index (χ4v) is 2.05. The largest absolute Gasteiger partial charge is 0.356 e. The first-order chi connectivity index (χ1) is 8.19. The first-order valence-corrected chi connectivity index (χ1v) is 6.92. The van der Waals surface area contributed by atoms with Gasteiger partial charge in [-0.1, -0.05) is 59.2 Å². The van der Waals surface area contributed by atoms with Crippen LogP contribution in [0.25, 0.3) is 11.3 Å². The van der Waals surface area contributed by atoms with E-state index in [-0.39, 0.29) is 0 Å². The Kier molecular flexibility index (Phi) is 4.00. The van der Waals surface area contributed by atoms with Crippen molar-refractivity contribution in [3.05, 3.63) is 41.6 Å². The molecule has 1 aromatic heterocycles. The standard InChI is InChI=1S/C14H16BrNO/c1-10(2)7-11-3-5-12(6-4-11)14-8-13(9-15)16-17-14/h3-6,8,10H,7,9H2,1-2H3. The average molecular weight is 294 g/mol. The van der Waals surface area contributed by atoms with Gasteiger partial charge in [0.25, 0.3) is 0 Å². The Morgan fingerprint density at radius 3 is 2.47 bits per heavy atom. The zero-order chi connectivity index (χ0) is 12.3. The van der Waals surface area contributed by atoms with Crippen molar-refractivity contribution in [2.75, 3.05) is 0 Å². The minimum atomic E-state index is 0.686. The van der Waals surface area contributed by atoms with E-state index in [9.17, 15) is 0 Å². The van der Waals surface area contributed by atoms with Crippen LogP contribution < -0.4 is 0 Å². The number of nitrogens with zero attached hydrogens (tertiary/aromatic N) is 1. The number of benzene rings is 1. The van der Waals surface area contributed by atoms with Gasteiger partial charge in [0.15, 0.2) is 5.76 Å². The van der Waals surface area contributed by atoms with Crippen LogP contribution in [-0.4, -0.2) is 5.16 Å². The van der Waals surface area contributed by atoms with Crippen molar-refractivity contribution in [3.63, 3.8) is 0 Å². The van der Waals surface area contributed by atoms with E-state index >= 15 is 0 Å². The predicted molar refractivity (Wildman–Crippen MR) is 73.1 cm³/mol. The third-order valence-corrected chi connectivity index (χ3v) is 3.15. The Bertz CT molecular complexity index is 473. The van der Waals surface area contributed by atoms with E-state index < -0.39 is 0 Å². The normalized spacial score (nSPS) is 11.1. The van der Waals surface area contributed by atoms with Crippen molar-refractivity contribution in [2.24, 2.45) is 5.92 Å². The van der Waals surface area contributed by atoms with Gasteiger partial charge in [0.05, 0.1) is 5.69 Å². The van der Waals surface area contributed by atoms with Crippen molar-refractivity contribution in [3.8, 4) is 11.3 Å². The molecule has 0 N–H and O–H groups in total. The number of halogens is 1. The second-order valence-corrected chi connectivity index (χ2v) is 5.17. The van der Waals surface area contributed by atoms with Gasteiger partial charge in [0.2, 0.25) is 0 Å². The van der Waals surface area contributed by atoms with E-state index in [2.05, 4.69) is 59.2 Å². The third kappa shape index (κ3) is 3.19. The van der Waals surface area contributed by atoms with Gasteiger partial charge in [-0.05, 0) is 17.9 Å². The molecule has 2 aromatic rings. The highest BCUT2D eigenvalue weighted by atomic mass is 79.9. The van der Waals surface area contributed by atoms with Crippen molar-refractivity contribution >= 4 is 15.9 Å². The lowest BCUT2D eigenvalue weighted by Crippen LogP contribution is -1.93. The molecular weight excluding hydrogens is 278 g/mol. The SMILES string of the molecule is CC(C)Cc1ccc(-c2cc(CBr)no2)cc1. The molecule has 2 rings (SSSR count). The molecule has 0 bridgehead atoms. The van der Waals surface area contributed by atoms with Gasteiger partial charge in [-0.25, -0.2) is 0 Å². The van der Waals surface area contributed by atoms with Gasteiger partial charge in [0.1, 0.15) is 0 Å². The van der Waals surface area contributed by atoms with E-state index in [1.165, 1.54) is 5.56 Å². The molecule has 0 aliphatic rings. The lowest BCUT2D eigenvalue weighted by atomic mass is 10.0. The molecule has 0 saturated heterocycles. The molecule has 90 valence electrons. The summed E-state index contributed by atoms with van der Waals surface area (Å²) in [6.45, 7) is 4.46. The highest BCUT2D eigenvalue weighted by Crippen LogP contribution is 2.22. The molecule has 17 heavy (non-hydrogen) atoms. The van der Waals surface area contributed by atoms with Gasteiger partial charge >= 0.3 is 0 Å². The van der Waals surface area contributed by atoms with Crippen LogP contribution in [0.4, 0.5) is 0 Å². The van der Waals surface area contributed by atoms with Crippen LogP contribution in [0.3, 0.4) is 0 Å². The maximum atomic E-state index is 5.28. The summed E-state index contributed by atoms with van der Waals surface area (Å²) in [5, 5.41) is 4.68. The first kappa shape index (κ1) is 12.4. The van der Waals surface area contributed by atoms with Crippen molar-refractivity contribution in [2.45, 2.75) is 25.6 Å². The van der Waals surface area contributed by atoms with Gasteiger partial charge in [-0.15, -0.1) is 0 Å². The molecule has 0 atom stereocenters. The first-order valence-electron chi connectivity index (χ1n) is 5.80. The molecule has 0 spiro atoms. The molecule has 1 heterocycles. The molecule has 0 aliphatic carbocycles. The lowest BCUT2D eigenvalue weighted by molar-refractivity contribution is 0.426. The van der Waals surface area contributed by atoms with Gasteiger partial charge in [0, 0.05) is 17.0 Å². The summed E-state index contributed by atoms with van der Waals surface area (Å²) in [5.41, 5.74) is 3.37. The van der Waals surface area contributed by atoms with Crippen molar-refractivity contribution in [1.29, 1.82) is 0 Å². The smallest absolute Gasteiger partial charge is 0.167 e. The van der Waals surface area contributed by atoms with Crippen LogP contribution in [0.15, 0.2) is 34.9 Å². The minimum absolute atomic E-state index is 0.686. The summed E-state index contributed by atoms with van der Waals surface area (Å²) in [4.78, 5) is 0. The number of hydrogen-bond acceptors (Lipinski definition) is 2. The van der Waals surface area contributed by atoms with Crippen molar-refractivity contribution < 1.29 is 4.52 Å². The van der Waals surface area contributed by atoms with Crippen molar-refractivity contribution in [1.82, 2.24) is 5.16 Å². The summed E-state index contributed by atoms with van der Waals surface area (Å²) in [6.07, 6.45) is 1.11. The molecule has 1 aromatic carbocycles. The number of aromatic nitrogens is 1. The van der Waals surface area contributed by atoms with E-state index in [0.29, 0.717) is 5.92 Å². The van der Waals surface area contributed by atoms with E-state index in [1.54, 1.807) is 0 Å². The van der Waals surface area contributed by atoms with Crippen LogP contribution >= 0.6 is 15.9 Å². The van der Waals surface area contributed by atoms with Crippen LogP contribution in [0, 0.1) is 5.92 Å². The Morgan fingerprint density at radius 2 is 1.94 bits per heavy atom. The number of hydrogen-bond donors (Lipinski definition) is 0. The maximum absolute atomic E-state index is 5.28. The van der Waals surface area contributed by atoms with E-state index in [0.717, 1.165) is 28.8 Å². The van der Waals surface area contributed by atoms with Crippen LogP contribution in [0.1, 0.15) is 25.1 Å². The fraction of sp³-hybridized carbons (Fsp3) is 0.357. The molecule has 0 fully saturated rings. The zero-order valence-electron chi connectivity index (χ0n) is 10.1. The predicted octanol–water partition coefficient (Wildman–Crippen LogP) is 4.44. The molecule has 0 saturated carbocycles. The minimum Gasteiger partial charge on any atom is -0.356 e. The van der Waals surface area contributed by atoms with Gasteiger partial charge < -0.3 is 4.52 Å². The van der Waals surface area contributed by atoms with Gasteiger partial charge in [-0.2, -0.15) is 0 Å². The Hall–Kier alpha value is -1.09. The highest BCUT2D eigenvalue weighted by molar-refractivity contribution is 9.08. The Morgan fingerprint density at radius 1 is 1.24 bits per heavy atom. The second kappa shape index (κ2) is 5.50. The third-order valence-electron chi connectivity index (χ3n) is 2.58. The molecule has 0 aliphatic heterocycles.